The molecule has 0 spiro atoms. The summed E-state index contributed by atoms with van der Waals surface area (Å²) in [5.41, 5.74) is 7.46. The third kappa shape index (κ3) is 2.56. The van der Waals surface area contributed by atoms with Crippen LogP contribution in [0.5, 0.6) is 0 Å². The minimum absolute atomic E-state index is 1.11. The van der Waals surface area contributed by atoms with Gasteiger partial charge in [0.1, 0.15) is 0 Å². The Morgan fingerprint density at radius 1 is 0.950 bits per heavy atom. The quantitative estimate of drug-likeness (QED) is 0.493. The van der Waals surface area contributed by atoms with Crippen LogP contribution in [-0.2, 0) is 12.8 Å². The molecule has 0 amide bonds. The maximum atomic E-state index is 3.76. The summed E-state index contributed by atoms with van der Waals surface area (Å²) in [7, 11) is 0. The van der Waals surface area contributed by atoms with Crippen LogP contribution in [0.4, 0.5) is 0 Å². The molecule has 0 bridgehead atoms. The highest BCUT2D eigenvalue weighted by molar-refractivity contribution is 9.10. The molecule has 0 atom stereocenters. The number of benzene rings is 2. The highest BCUT2D eigenvalue weighted by Crippen LogP contribution is 2.40. The zero-order valence-corrected chi connectivity index (χ0v) is 13.7. The second kappa shape index (κ2) is 6.13. The van der Waals surface area contributed by atoms with Crippen LogP contribution in [-0.4, -0.2) is 0 Å². The van der Waals surface area contributed by atoms with Gasteiger partial charge in [0.25, 0.3) is 0 Å². The summed E-state index contributed by atoms with van der Waals surface area (Å²) in [6, 6.07) is 13.3. The molecule has 0 aliphatic heterocycles. The van der Waals surface area contributed by atoms with Crippen molar-refractivity contribution in [2.24, 2.45) is 0 Å². The molecule has 0 aromatic heterocycles. The van der Waals surface area contributed by atoms with Crippen LogP contribution in [0.15, 0.2) is 40.9 Å². The van der Waals surface area contributed by atoms with Gasteiger partial charge < -0.3 is 0 Å². The van der Waals surface area contributed by atoms with Crippen LogP contribution in [0.25, 0.3) is 11.1 Å². The lowest BCUT2D eigenvalue weighted by molar-refractivity contribution is 0.664. The Kier molecular flexibility index (Phi) is 4.26. The highest BCUT2D eigenvalue weighted by atomic mass is 79.9. The van der Waals surface area contributed by atoms with E-state index in [1.165, 1.54) is 58.8 Å². The molecule has 0 unspecified atom stereocenters. The topological polar surface area (TPSA) is 0 Å². The van der Waals surface area contributed by atoms with Crippen LogP contribution >= 0.6 is 15.9 Å². The van der Waals surface area contributed by atoms with E-state index in [0.29, 0.717) is 0 Å². The molecule has 2 aromatic rings. The normalized spacial score (nSPS) is 12.3. The summed E-state index contributed by atoms with van der Waals surface area (Å²) in [5.74, 6) is 0. The number of halogens is 1. The summed E-state index contributed by atoms with van der Waals surface area (Å²) in [4.78, 5) is 0. The Balaban J connectivity index is 1.89. The Morgan fingerprint density at radius 2 is 1.80 bits per heavy atom. The van der Waals surface area contributed by atoms with Crippen molar-refractivity contribution in [2.45, 2.75) is 45.4 Å². The number of hydrogen-bond acceptors (Lipinski definition) is 0. The second-order valence-electron chi connectivity index (χ2n) is 5.70. The molecule has 0 fully saturated rings. The molecule has 1 aliphatic carbocycles. The molecule has 2 aromatic carbocycles. The lowest BCUT2D eigenvalue weighted by Crippen LogP contribution is -1.95. The Bertz CT molecular complexity index is 613. The monoisotopic (exact) mass is 328 g/mol. The van der Waals surface area contributed by atoms with Crippen molar-refractivity contribution < 1.29 is 0 Å². The van der Waals surface area contributed by atoms with E-state index in [-0.39, 0.29) is 0 Å². The first kappa shape index (κ1) is 13.9. The van der Waals surface area contributed by atoms with Gasteiger partial charge in [-0.1, -0.05) is 72.4 Å². The van der Waals surface area contributed by atoms with E-state index in [9.17, 15) is 0 Å². The first-order valence-electron chi connectivity index (χ1n) is 7.69. The van der Waals surface area contributed by atoms with Gasteiger partial charge in [0.05, 0.1) is 0 Å². The maximum Gasteiger partial charge on any atom is 0.0210 e. The average molecular weight is 329 g/mol. The molecular formula is C19H21Br. The highest BCUT2D eigenvalue weighted by Gasteiger charge is 2.21. The summed E-state index contributed by atoms with van der Waals surface area (Å²) in [6.45, 7) is 2.27. The molecule has 0 radical (unpaired) electrons. The SMILES string of the molecule is CCCCCCc1c(Br)ccc2c1Cc1ccccc1-2. The van der Waals surface area contributed by atoms with Gasteiger partial charge >= 0.3 is 0 Å². The first-order chi connectivity index (χ1) is 9.81. The van der Waals surface area contributed by atoms with Crippen molar-refractivity contribution in [2.75, 3.05) is 0 Å². The van der Waals surface area contributed by atoms with Gasteiger partial charge in [0.2, 0.25) is 0 Å². The van der Waals surface area contributed by atoms with Gasteiger partial charge in [-0.2, -0.15) is 0 Å². The van der Waals surface area contributed by atoms with E-state index in [2.05, 4.69) is 59.3 Å². The fourth-order valence-corrected chi connectivity index (χ4v) is 3.81. The number of unbranched alkanes of at least 4 members (excludes halogenated alkanes) is 3. The van der Waals surface area contributed by atoms with E-state index in [0.717, 1.165) is 6.42 Å². The van der Waals surface area contributed by atoms with Gasteiger partial charge in [-0.25, -0.2) is 0 Å². The molecule has 20 heavy (non-hydrogen) atoms. The fourth-order valence-electron chi connectivity index (χ4n) is 3.25. The maximum absolute atomic E-state index is 3.76. The predicted octanol–water partition coefficient (Wildman–Crippen LogP) is 6.14. The summed E-state index contributed by atoms with van der Waals surface area (Å²) < 4.78 is 1.29. The van der Waals surface area contributed by atoms with Crippen LogP contribution in [0.2, 0.25) is 0 Å². The van der Waals surface area contributed by atoms with E-state index in [1.54, 1.807) is 5.56 Å². The minimum Gasteiger partial charge on any atom is -0.0654 e. The molecule has 1 heteroatoms. The van der Waals surface area contributed by atoms with E-state index in [4.69, 9.17) is 0 Å². The standard InChI is InChI=1S/C19H21Br/c1-2-3-4-5-10-17-18-13-14-8-6-7-9-15(14)16(18)11-12-19(17)20/h6-9,11-12H,2-5,10,13H2,1H3. The van der Waals surface area contributed by atoms with Crippen LogP contribution < -0.4 is 0 Å². The number of fused-ring (bicyclic) bond motifs is 3. The van der Waals surface area contributed by atoms with Gasteiger partial charge in [0.15, 0.2) is 0 Å². The van der Waals surface area contributed by atoms with Crippen molar-refractivity contribution in [3.05, 3.63) is 57.6 Å². The molecular weight excluding hydrogens is 308 g/mol. The zero-order chi connectivity index (χ0) is 13.9. The Hall–Kier alpha value is -1.08. The number of hydrogen-bond donors (Lipinski definition) is 0. The summed E-state index contributed by atoms with van der Waals surface area (Å²) in [6.07, 6.45) is 7.62. The van der Waals surface area contributed by atoms with Gasteiger partial charge in [0, 0.05) is 4.47 Å². The minimum atomic E-state index is 1.11. The number of rotatable bonds is 5. The second-order valence-corrected chi connectivity index (χ2v) is 6.55. The zero-order valence-electron chi connectivity index (χ0n) is 12.1. The van der Waals surface area contributed by atoms with Crippen molar-refractivity contribution in [1.29, 1.82) is 0 Å². The summed E-state index contributed by atoms with van der Waals surface area (Å²) >= 11 is 3.76. The van der Waals surface area contributed by atoms with E-state index >= 15 is 0 Å². The molecule has 0 N–H and O–H groups in total. The third-order valence-corrected chi connectivity index (χ3v) is 5.07. The molecule has 1 aliphatic rings. The van der Waals surface area contributed by atoms with Crippen LogP contribution in [0.1, 0.15) is 49.3 Å². The lowest BCUT2D eigenvalue weighted by Gasteiger charge is -2.11. The average Bonchev–Trinajstić information content (AvgIpc) is 2.84. The third-order valence-electron chi connectivity index (χ3n) is 4.33. The smallest absolute Gasteiger partial charge is 0.0210 e. The van der Waals surface area contributed by atoms with Crippen LogP contribution in [0.3, 0.4) is 0 Å². The van der Waals surface area contributed by atoms with E-state index in [1.807, 2.05) is 0 Å². The molecule has 3 rings (SSSR count). The Morgan fingerprint density at radius 3 is 2.65 bits per heavy atom. The van der Waals surface area contributed by atoms with Crippen molar-refractivity contribution in [3.63, 3.8) is 0 Å². The van der Waals surface area contributed by atoms with E-state index < -0.39 is 0 Å². The van der Waals surface area contributed by atoms with Gasteiger partial charge in [-0.05, 0) is 53.1 Å². The fraction of sp³-hybridized carbons (Fsp3) is 0.368. The largest absolute Gasteiger partial charge is 0.0654 e. The van der Waals surface area contributed by atoms with Crippen molar-refractivity contribution in [3.8, 4) is 11.1 Å². The lowest BCUT2D eigenvalue weighted by atomic mass is 9.97. The van der Waals surface area contributed by atoms with Gasteiger partial charge in [-0.3, -0.25) is 0 Å². The van der Waals surface area contributed by atoms with Crippen LogP contribution in [0, 0.1) is 0 Å². The Labute approximate surface area is 130 Å². The molecule has 0 saturated carbocycles. The molecule has 0 nitrogen and oxygen atoms in total. The molecule has 0 heterocycles. The summed E-state index contributed by atoms with van der Waals surface area (Å²) in [5, 5.41) is 0. The predicted molar refractivity (Wildman–Crippen MR) is 90.2 cm³/mol. The first-order valence-corrected chi connectivity index (χ1v) is 8.49. The van der Waals surface area contributed by atoms with Crippen molar-refractivity contribution >= 4 is 15.9 Å². The van der Waals surface area contributed by atoms with Crippen molar-refractivity contribution in [1.82, 2.24) is 0 Å². The molecule has 0 saturated heterocycles. The molecule has 104 valence electrons. The van der Waals surface area contributed by atoms with Gasteiger partial charge in [-0.15, -0.1) is 0 Å².